The van der Waals surface area contributed by atoms with Crippen molar-refractivity contribution in [3.8, 4) is 5.69 Å². The van der Waals surface area contributed by atoms with E-state index in [-0.39, 0.29) is 29.8 Å². The van der Waals surface area contributed by atoms with Crippen molar-refractivity contribution in [2.45, 2.75) is 70.6 Å². The van der Waals surface area contributed by atoms with Crippen molar-refractivity contribution in [2.75, 3.05) is 5.75 Å². The molecule has 3 rings (SSSR count). The number of carbonyl (C=O) groups excluding carboxylic acids is 2. The third-order valence-corrected chi connectivity index (χ3v) is 6.52. The van der Waals surface area contributed by atoms with Gasteiger partial charge in [-0.3, -0.25) is 14.2 Å². The molecule has 2 N–H and O–H groups in total. The normalized spacial score (nSPS) is 19.0. The van der Waals surface area contributed by atoms with E-state index in [0.29, 0.717) is 12.2 Å². The number of benzene rings is 1. The van der Waals surface area contributed by atoms with E-state index in [9.17, 15) is 9.59 Å². The molecule has 0 spiro atoms. The number of imidazole rings is 1. The Morgan fingerprint density at radius 2 is 2.03 bits per heavy atom. The lowest BCUT2D eigenvalue weighted by Gasteiger charge is -2.29. The summed E-state index contributed by atoms with van der Waals surface area (Å²) < 4.78 is 2.01. The molecular weight excluding hydrogens is 396 g/mol. The topological polar surface area (TPSA) is 76.0 Å². The summed E-state index contributed by atoms with van der Waals surface area (Å²) in [5.74, 6) is 0.391. The average Bonchev–Trinajstić information content (AvgIpc) is 3.17. The van der Waals surface area contributed by atoms with E-state index in [4.69, 9.17) is 0 Å². The zero-order valence-corrected chi connectivity index (χ0v) is 19.1. The van der Waals surface area contributed by atoms with Crippen molar-refractivity contribution in [1.29, 1.82) is 0 Å². The molecule has 7 heteroatoms. The van der Waals surface area contributed by atoms with Gasteiger partial charge >= 0.3 is 0 Å². The van der Waals surface area contributed by atoms with Crippen LogP contribution >= 0.6 is 11.8 Å². The van der Waals surface area contributed by atoms with Gasteiger partial charge < -0.3 is 10.6 Å². The number of aryl methyl sites for hydroxylation is 2. The SMILES string of the molecule is Cc1ccc(-n2ccnc2SCC(=O)NC2CCCC(C(=O)NC(C)C)C2)cc1C. The van der Waals surface area contributed by atoms with Crippen LogP contribution in [-0.2, 0) is 9.59 Å². The van der Waals surface area contributed by atoms with Gasteiger partial charge in [-0.05, 0) is 70.2 Å². The van der Waals surface area contributed by atoms with Gasteiger partial charge in [0.05, 0.1) is 5.75 Å². The highest BCUT2D eigenvalue weighted by Crippen LogP contribution is 2.26. The number of nitrogens with one attached hydrogen (secondary N) is 2. The molecule has 2 unspecified atom stereocenters. The number of rotatable bonds is 7. The molecule has 0 bridgehead atoms. The summed E-state index contributed by atoms with van der Waals surface area (Å²) in [4.78, 5) is 29.3. The molecule has 1 aromatic carbocycles. The molecule has 2 aromatic rings. The maximum absolute atomic E-state index is 12.5. The molecule has 1 aliphatic rings. The highest BCUT2D eigenvalue weighted by atomic mass is 32.2. The van der Waals surface area contributed by atoms with Crippen LogP contribution in [0, 0.1) is 19.8 Å². The van der Waals surface area contributed by atoms with E-state index in [1.165, 1.54) is 22.9 Å². The molecule has 0 aliphatic heterocycles. The van der Waals surface area contributed by atoms with Crippen molar-refractivity contribution in [2.24, 2.45) is 5.92 Å². The van der Waals surface area contributed by atoms with Gasteiger partial charge in [-0.15, -0.1) is 0 Å². The van der Waals surface area contributed by atoms with Gasteiger partial charge in [0.15, 0.2) is 5.16 Å². The van der Waals surface area contributed by atoms with Crippen LogP contribution in [0.15, 0.2) is 35.7 Å². The average molecular weight is 429 g/mol. The van der Waals surface area contributed by atoms with Crippen molar-refractivity contribution in [3.05, 3.63) is 41.7 Å². The quantitative estimate of drug-likeness (QED) is 0.658. The first-order valence-corrected chi connectivity index (χ1v) is 11.7. The molecule has 1 saturated carbocycles. The predicted octanol–water partition coefficient (Wildman–Crippen LogP) is 3.78. The molecule has 6 nitrogen and oxygen atoms in total. The third kappa shape index (κ3) is 5.88. The molecule has 30 heavy (non-hydrogen) atoms. The lowest BCUT2D eigenvalue weighted by atomic mass is 9.85. The first-order valence-electron chi connectivity index (χ1n) is 10.7. The minimum Gasteiger partial charge on any atom is -0.354 e. The number of hydrogen-bond acceptors (Lipinski definition) is 4. The lowest BCUT2D eigenvalue weighted by Crippen LogP contribution is -2.44. The fraction of sp³-hybridized carbons (Fsp3) is 0.522. The maximum atomic E-state index is 12.5. The van der Waals surface area contributed by atoms with E-state index in [1.807, 2.05) is 24.6 Å². The maximum Gasteiger partial charge on any atom is 0.230 e. The highest BCUT2D eigenvalue weighted by Gasteiger charge is 2.28. The van der Waals surface area contributed by atoms with Gasteiger partial charge in [0.2, 0.25) is 11.8 Å². The number of aromatic nitrogens is 2. The summed E-state index contributed by atoms with van der Waals surface area (Å²) in [6.07, 6.45) is 7.18. The number of nitrogens with zero attached hydrogens (tertiary/aromatic N) is 2. The molecule has 162 valence electrons. The number of amides is 2. The highest BCUT2D eigenvalue weighted by molar-refractivity contribution is 7.99. The smallest absolute Gasteiger partial charge is 0.230 e. The van der Waals surface area contributed by atoms with Crippen LogP contribution in [-0.4, -0.2) is 39.2 Å². The Labute approximate surface area is 183 Å². The second-order valence-electron chi connectivity index (χ2n) is 8.43. The van der Waals surface area contributed by atoms with Gasteiger partial charge in [-0.25, -0.2) is 4.98 Å². The fourth-order valence-electron chi connectivity index (χ4n) is 3.83. The molecule has 0 radical (unpaired) electrons. The van der Waals surface area contributed by atoms with Crippen molar-refractivity contribution in [3.63, 3.8) is 0 Å². The fourth-order valence-corrected chi connectivity index (χ4v) is 4.61. The monoisotopic (exact) mass is 428 g/mol. The van der Waals surface area contributed by atoms with Crippen LogP contribution in [0.3, 0.4) is 0 Å². The Balaban J connectivity index is 1.53. The molecule has 1 aromatic heterocycles. The van der Waals surface area contributed by atoms with Gasteiger partial charge in [0.1, 0.15) is 0 Å². The first kappa shape index (κ1) is 22.4. The van der Waals surface area contributed by atoms with Gasteiger partial charge in [-0.2, -0.15) is 0 Å². The van der Waals surface area contributed by atoms with Crippen LogP contribution < -0.4 is 10.6 Å². The Hall–Kier alpha value is -2.28. The molecule has 1 fully saturated rings. The molecule has 1 aliphatic carbocycles. The largest absolute Gasteiger partial charge is 0.354 e. The van der Waals surface area contributed by atoms with Crippen LogP contribution in [0.5, 0.6) is 0 Å². The van der Waals surface area contributed by atoms with E-state index < -0.39 is 0 Å². The van der Waals surface area contributed by atoms with Crippen LogP contribution in [0.2, 0.25) is 0 Å². The molecule has 0 saturated heterocycles. The molecule has 2 amide bonds. The zero-order valence-electron chi connectivity index (χ0n) is 18.3. The van der Waals surface area contributed by atoms with E-state index >= 15 is 0 Å². The number of thioether (sulfide) groups is 1. The molecule has 2 atom stereocenters. The van der Waals surface area contributed by atoms with Gasteiger partial charge in [-0.1, -0.05) is 24.2 Å². The van der Waals surface area contributed by atoms with Gasteiger partial charge in [0.25, 0.3) is 0 Å². The summed E-state index contributed by atoms with van der Waals surface area (Å²) in [6.45, 7) is 8.13. The Morgan fingerprint density at radius 3 is 2.77 bits per heavy atom. The minimum atomic E-state index is -0.0113. The van der Waals surface area contributed by atoms with Crippen molar-refractivity contribution >= 4 is 23.6 Å². The zero-order chi connectivity index (χ0) is 21.7. The predicted molar refractivity (Wildman–Crippen MR) is 121 cm³/mol. The van der Waals surface area contributed by atoms with Crippen molar-refractivity contribution in [1.82, 2.24) is 20.2 Å². The van der Waals surface area contributed by atoms with Crippen LogP contribution in [0.1, 0.15) is 50.7 Å². The Kier molecular flexibility index (Phi) is 7.58. The third-order valence-electron chi connectivity index (χ3n) is 5.55. The number of hydrogen-bond donors (Lipinski definition) is 2. The summed E-state index contributed by atoms with van der Waals surface area (Å²) in [5, 5.41) is 6.91. The summed E-state index contributed by atoms with van der Waals surface area (Å²) in [7, 11) is 0. The van der Waals surface area contributed by atoms with Crippen LogP contribution in [0.4, 0.5) is 0 Å². The van der Waals surface area contributed by atoms with Crippen LogP contribution in [0.25, 0.3) is 5.69 Å². The minimum absolute atomic E-state index is 0.00967. The summed E-state index contributed by atoms with van der Waals surface area (Å²) in [5.41, 5.74) is 3.52. The Bertz CT molecular complexity index is 893. The first-order chi connectivity index (χ1) is 14.3. The summed E-state index contributed by atoms with van der Waals surface area (Å²) in [6, 6.07) is 6.50. The van der Waals surface area contributed by atoms with E-state index in [2.05, 4.69) is 47.7 Å². The number of carbonyl (C=O) groups is 2. The molecule has 1 heterocycles. The second kappa shape index (κ2) is 10.2. The molecular formula is C23H32N4O2S. The standard InChI is InChI=1S/C23H32N4O2S/c1-15(2)25-22(29)18-6-5-7-19(13-18)26-21(28)14-30-23-24-10-11-27(23)20-9-8-16(3)17(4)12-20/h8-12,15,18-19H,5-7,13-14H2,1-4H3,(H,25,29)(H,26,28). The van der Waals surface area contributed by atoms with E-state index in [1.54, 1.807) is 6.20 Å². The van der Waals surface area contributed by atoms with E-state index in [0.717, 1.165) is 30.1 Å². The lowest BCUT2D eigenvalue weighted by molar-refractivity contribution is -0.127. The Morgan fingerprint density at radius 1 is 1.23 bits per heavy atom. The van der Waals surface area contributed by atoms with Crippen molar-refractivity contribution < 1.29 is 9.59 Å². The second-order valence-corrected chi connectivity index (χ2v) is 9.37. The van der Waals surface area contributed by atoms with Gasteiger partial charge in [0, 0.05) is 36.1 Å². The summed E-state index contributed by atoms with van der Waals surface area (Å²) >= 11 is 1.43.